The van der Waals surface area contributed by atoms with Crippen molar-refractivity contribution in [3.05, 3.63) is 29.8 Å². The zero-order valence-corrected chi connectivity index (χ0v) is 17.9. The predicted octanol–water partition coefficient (Wildman–Crippen LogP) is 3.49. The number of hydrogen-bond donors (Lipinski definition) is 1. The Bertz CT molecular complexity index is 837. The Morgan fingerprint density at radius 1 is 0.966 bits per heavy atom. The SMILES string of the molecule is O=C(CCc1ccc(S(=O)(=O)N2CCCC2)cc1)NC12CC3CC(CC(C3)C1)C2. The maximum Gasteiger partial charge on any atom is 0.243 e. The average molecular weight is 417 g/mol. The minimum atomic E-state index is -3.36. The summed E-state index contributed by atoms with van der Waals surface area (Å²) in [7, 11) is -3.36. The number of sulfonamides is 1. The lowest BCUT2D eigenvalue weighted by molar-refractivity contribution is -0.126. The number of hydrogen-bond acceptors (Lipinski definition) is 3. The smallest absolute Gasteiger partial charge is 0.243 e. The van der Waals surface area contributed by atoms with E-state index >= 15 is 0 Å². The molecule has 1 N–H and O–H groups in total. The van der Waals surface area contributed by atoms with E-state index in [1.807, 2.05) is 12.1 Å². The molecule has 1 aromatic carbocycles. The summed E-state index contributed by atoms with van der Waals surface area (Å²) >= 11 is 0. The number of nitrogens with zero attached hydrogens (tertiary/aromatic N) is 1. The van der Waals surface area contributed by atoms with Crippen LogP contribution in [-0.2, 0) is 21.2 Å². The maximum absolute atomic E-state index is 12.7. The Balaban J connectivity index is 1.17. The summed E-state index contributed by atoms with van der Waals surface area (Å²) in [5.74, 6) is 2.63. The first-order chi connectivity index (χ1) is 13.9. The van der Waals surface area contributed by atoms with Gasteiger partial charge < -0.3 is 5.32 Å². The summed E-state index contributed by atoms with van der Waals surface area (Å²) < 4.78 is 26.8. The molecular formula is C23H32N2O3S. The quantitative estimate of drug-likeness (QED) is 0.772. The van der Waals surface area contributed by atoms with Gasteiger partial charge in [-0.3, -0.25) is 4.79 Å². The van der Waals surface area contributed by atoms with Crippen LogP contribution in [0.2, 0.25) is 0 Å². The van der Waals surface area contributed by atoms with Gasteiger partial charge in [0.25, 0.3) is 0 Å². The normalized spacial score (nSPS) is 33.9. The predicted molar refractivity (Wildman–Crippen MR) is 112 cm³/mol. The molecule has 6 rings (SSSR count). The second-order valence-electron chi connectivity index (χ2n) is 10.0. The third-order valence-electron chi connectivity index (χ3n) is 7.71. The van der Waals surface area contributed by atoms with Gasteiger partial charge in [-0.15, -0.1) is 0 Å². The maximum atomic E-state index is 12.7. The molecule has 5 aliphatic rings. The van der Waals surface area contributed by atoms with Crippen LogP contribution >= 0.6 is 0 Å². The first-order valence-corrected chi connectivity index (χ1v) is 12.8. The van der Waals surface area contributed by atoms with Gasteiger partial charge in [0.1, 0.15) is 0 Å². The Labute approximate surface area is 174 Å². The van der Waals surface area contributed by atoms with Gasteiger partial charge in [-0.1, -0.05) is 12.1 Å². The molecule has 1 aromatic rings. The van der Waals surface area contributed by atoms with Crippen molar-refractivity contribution in [2.45, 2.75) is 74.6 Å². The van der Waals surface area contributed by atoms with Crippen molar-refractivity contribution in [1.82, 2.24) is 9.62 Å². The number of amides is 1. The van der Waals surface area contributed by atoms with Crippen molar-refractivity contribution in [3.63, 3.8) is 0 Å². The van der Waals surface area contributed by atoms with Crippen LogP contribution in [0.15, 0.2) is 29.2 Å². The highest BCUT2D eigenvalue weighted by atomic mass is 32.2. The summed E-state index contributed by atoms with van der Waals surface area (Å²) in [4.78, 5) is 13.0. The van der Waals surface area contributed by atoms with Crippen molar-refractivity contribution in [2.75, 3.05) is 13.1 Å². The van der Waals surface area contributed by atoms with E-state index in [4.69, 9.17) is 0 Å². The topological polar surface area (TPSA) is 66.5 Å². The average Bonchev–Trinajstić information content (AvgIpc) is 3.21. The molecule has 0 aromatic heterocycles. The second-order valence-corrected chi connectivity index (χ2v) is 11.9. The van der Waals surface area contributed by atoms with Crippen LogP contribution in [0.5, 0.6) is 0 Å². The lowest BCUT2D eigenvalue weighted by Crippen LogP contribution is -2.59. The highest BCUT2D eigenvalue weighted by Crippen LogP contribution is 2.55. The number of rotatable bonds is 6. The molecule has 4 saturated carbocycles. The molecule has 0 spiro atoms. The molecule has 1 saturated heterocycles. The van der Waals surface area contributed by atoms with Gasteiger partial charge in [0, 0.05) is 25.0 Å². The zero-order valence-electron chi connectivity index (χ0n) is 17.1. The van der Waals surface area contributed by atoms with Crippen LogP contribution in [0.3, 0.4) is 0 Å². The molecule has 29 heavy (non-hydrogen) atoms. The molecule has 0 atom stereocenters. The van der Waals surface area contributed by atoms with Crippen LogP contribution in [0, 0.1) is 17.8 Å². The lowest BCUT2D eigenvalue weighted by Gasteiger charge is -2.56. The molecule has 1 heterocycles. The summed E-state index contributed by atoms with van der Waals surface area (Å²) in [5.41, 5.74) is 1.09. The fourth-order valence-electron chi connectivity index (χ4n) is 6.79. The van der Waals surface area contributed by atoms with Crippen LogP contribution in [-0.4, -0.2) is 37.3 Å². The van der Waals surface area contributed by atoms with Gasteiger partial charge in [0.2, 0.25) is 15.9 Å². The lowest BCUT2D eigenvalue weighted by atomic mass is 9.53. The molecule has 4 bridgehead atoms. The number of aryl methyl sites for hydroxylation is 1. The summed E-state index contributed by atoms with van der Waals surface area (Å²) in [6.07, 6.45) is 10.7. The summed E-state index contributed by atoms with van der Waals surface area (Å²) in [6.45, 7) is 1.24. The Kier molecular flexibility index (Phi) is 4.98. The molecule has 0 unspecified atom stereocenters. The van der Waals surface area contributed by atoms with E-state index in [9.17, 15) is 13.2 Å². The monoisotopic (exact) mass is 416 g/mol. The Morgan fingerprint density at radius 2 is 1.52 bits per heavy atom. The van der Waals surface area contributed by atoms with E-state index < -0.39 is 10.0 Å². The van der Waals surface area contributed by atoms with Crippen LogP contribution in [0.1, 0.15) is 63.4 Å². The van der Waals surface area contributed by atoms with Crippen molar-refractivity contribution in [1.29, 1.82) is 0 Å². The molecule has 1 amide bonds. The van der Waals surface area contributed by atoms with E-state index in [0.29, 0.717) is 30.8 Å². The molecule has 4 aliphatic carbocycles. The minimum absolute atomic E-state index is 0.0689. The minimum Gasteiger partial charge on any atom is -0.351 e. The van der Waals surface area contributed by atoms with Gasteiger partial charge in [-0.05, 0) is 93.2 Å². The van der Waals surface area contributed by atoms with Crippen molar-refractivity contribution in [2.24, 2.45) is 17.8 Å². The van der Waals surface area contributed by atoms with Crippen molar-refractivity contribution < 1.29 is 13.2 Å². The first kappa shape index (κ1) is 19.6. The standard InChI is InChI=1S/C23H32N2O3S/c26-22(24-23-14-18-11-19(15-23)13-20(12-18)16-23)8-5-17-3-6-21(7-4-17)29(27,28)25-9-1-2-10-25/h3-4,6-7,18-20H,1-2,5,8-16H2,(H,24,26). The number of benzene rings is 1. The van der Waals surface area contributed by atoms with Gasteiger partial charge in [0.15, 0.2) is 0 Å². The largest absolute Gasteiger partial charge is 0.351 e. The van der Waals surface area contributed by atoms with E-state index in [2.05, 4.69) is 5.32 Å². The first-order valence-electron chi connectivity index (χ1n) is 11.3. The molecule has 158 valence electrons. The molecule has 0 radical (unpaired) electrons. The van der Waals surface area contributed by atoms with Crippen LogP contribution < -0.4 is 5.32 Å². The van der Waals surface area contributed by atoms with E-state index in [-0.39, 0.29) is 11.4 Å². The fraction of sp³-hybridized carbons (Fsp3) is 0.696. The van der Waals surface area contributed by atoms with Crippen molar-refractivity contribution in [3.8, 4) is 0 Å². The van der Waals surface area contributed by atoms with Crippen LogP contribution in [0.25, 0.3) is 0 Å². The molecular weight excluding hydrogens is 384 g/mol. The third-order valence-corrected chi connectivity index (χ3v) is 9.62. The van der Waals surface area contributed by atoms with Crippen LogP contribution in [0.4, 0.5) is 0 Å². The summed E-state index contributed by atoms with van der Waals surface area (Å²) in [5, 5.41) is 3.43. The molecule has 1 aliphatic heterocycles. The molecule has 5 fully saturated rings. The molecule has 6 heteroatoms. The van der Waals surface area contributed by atoms with Gasteiger partial charge in [0.05, 0.1) is 4.90 Å². The van der Waals surface area contributed by atoms with E-state index in [0.717, 1.165) is 36.2 Å². The number of carbonyl (C=O) groups is 1. The Hall–Kier alpha value is -1.40. The summed E-state index contributed by atoms with van der Waals surface area (Å²) in [6, 6.07) is 7.11. The van der Waals surface area contributed by atoms with E-state index in [1.165, 1.54) is 38.5 Å². The number of nitrogens with one attached hydrogen (secondary N) is 1. The number of carbonyl (C=O) groups excluding carboxylic acids is 1. The Morgan fingerprint density at radius 3 is 2.07 bits per heavy atom. The van der Waals surface area contributed by atoms with Gasteiger partial charge >= 0.3 is 0 Å². The van der Waals surface area contributed by atoms with Gasteiger partial charge in [-0.2, -0.15) is 4.31 Å². The second kappa shape index (κ2) is 7.38. The molecule has 5 nitrogen and oxygen atoms in total. The third kappa shape index (κ3) is 3.86. The highest BCUT2D eigenvalue weighted by molar-refractivity contribution is 7.89. The zero-order chi connectivity index (χ0) is 20.1. The van der Waals surface area contributed by atoms with Gasteiger partial charge in [-0.25, -0.2) is 8.42 Å². The highest BCUT2D eigenvalue weighted by Gasteiger charge is 2.51. The van der Waals surface area contributed by atoms with Crippen molar-refractivity contribution >= 4 is 15.9 Å². The van der Waals surface area contributed by atoms with E-state index in [1.54, 1.807) is 16.4 Å². The fourth-order valence-corrected chi connectivity index (χ4v) is 8.30.